The highest BCUT2D eigenvalue weighted by atomic mass is 79.9. The van der Waals surface area contributed by atoms with Crippen molar-refractivity contribution in [3.05, 3.63) is 39.3 Å². The third-order valence-electron chi connectivity index (χ3n) is 3.05. The molecule has 0 fully saturated rings. The molecule has 1 aromatic rings. The van der Waals surface area contributed by atoms with Crippen LogP contribution in [-0.4, -0.2) is 6.04 Å². The lowest BCUT2D eigenvalue weighted by molar-refractivity contribution is 0.610. The van der Waals surface area contributed by atoms with Crippen LogP contribution >= 0.6 is 31.9 Å². The van der Waals surface area contributed by atoms with Crippen LogP contribution in [0.25, 0.3) is 0 Å². The second-order valence-corrected chi connectivity index (χ2v) is 6.12. The molecule has 1 nitrogen and oxygen atoms in total. The fraction of sp³-hybridized carbons (Fsp3) is 0.429. The number of para-hydroxylation sites is 1. The first kappa shape index (κ1) is 13.2. The zero-order valence-electron chi connectivity index (χ0n) is 9.76. The van der Waals surface area contributed by atoms with E-state index in [9.17, 15) is 0 Å². The maximum absolute atomic E-state index is 3.60. The first-order valence-electron chi connectivity index (χ1n) is 6.14. The quantitative estimate of drug-likeness (QED) is 0.687. The van der Waals surface area contributed by atoms with Crippen molar-refractivity contribution in [2.24, 2.45) is 0 Å². The standard InChI is InChI=1S/C14H17Br2N/c15-12-9-6-10-13(16)14(12)17-11-7-4-2-1-3-5-8-11/h4,6-7,9-11,17H,1-3,5,8H2/b7-4+. The topological polar surface area (TPSA) is 12.0 Å². The maximum Gasteiger partial charge on any atom is 0.0633 e. The Bertz CT molecular complexity index is 381. The Kier molecular flexibility index (Phi) is 5.11. The Morgan fingerprint density at radius 1 is 1.06 bits per heavy atom. The number of halogens is 2. The number of hydrogen-bond donors (Lipinski definition) is 1. The summed E-state index contributed by atoms with van der Waals surface area (Å²) in [5.74, 6) is 0. The van der Waals surface area contributed by atoms with Gasteiger partial charge in [-0.2, -0.15) is 0 Å². The lowest BCUT2D eigenvalue weighted by Gasteiger charge is -2.20. The fourth-order valence-corrected chi connectivity index (χ4v) is 3.33. The lowest BCUT2D eigenvalue weighted by atomic mass is 10.0. The van der Waals surface area contributed by atoms with Crippen molar-refractivity contribution in [1.29, 1.82) is 0 Å². The van der Waals surface area contributed by atoms with Gasteiger partial charge in [-0.05, 0) is 63.3 Å². The number of hydrogen-bond acceptors (Lipinski definition) is 1. The Hall–Kier alpha value is -0.280. The van der Waals surface area contributed by atoms with Crippen molar-refractivity contribution in [2.75, 3.05) is 5.32 Å². The van der Waals surface area contributed by atoms with E-state index in [1.54, 1.807) is 0 Å². The summed E-state index contributed by atoms with van der Waals surface area (Å²) in [6.45, 7) is 0. The van der Waals surface area contributed by atoms with Crippen LogP contribution < -0.4 is 5.32 Å². The van der Waals surface area contributed by atoms with Crippen LogP contribution in [0.3, 0.4) is 0 Å². The summed E-state index contributed by atoms with van der Waals surface area (Å²) >= 11 is 7.18. The number of anilines is 1. The van der Waals surface area contributed by atoms with Gasteiger partial charge >= 0.3 is 0 Å². The van der Waals surface area contributed by atoms with Gasteiger partial charge in [0, 0.05) is 15.0 Å². The molecule has 0 aliphatic heterocycles. The van der Waals surface area contributed by atoms with Crippen LogP contribution in [0.15, 0.2) is 39.3 Å². The smallest absolute Gasteiger partial charge is 0.0633 e. The van der Waals surface area contributed by atoms with Gasteiger partial charge in [-0.25, -0.2) is 0 Å². The van der Waals surface area contributed by atoms with Crippen LogP contribution in [0.5, 0.6) is 0 Å². The molecule has 0 radical (unpaired) electrons. The van der Waals surface area contributed by atoms with Gasteiger partial charge in [0.1, 0.15) is 0 Å². The van der Waals surface area contributed by atoms with Crippen molar-refractivity contribution in [3.8, 4) is 0 Å². The van der Waals surface area contributed by atoms with Crippen molar-refractivity contribution in [3.63, 3.8) is 0 Å². The monoisotopic (exact) mass is 357 g/mol. The molecule has 1 unspecified atom stereocenters. The summed E-state index contributed by atoms with van der Waals surface area (Å²) in [5.41, 5.74) is 1.16. The normalized spacial score (nSPS) is 22.6. The average molecular weight is 359 g/mol. The highest BCUT2D eigenvalue weighted by molar-refractivity contribution is 9.11. The van der Waals surface area contributed by atoms with E-state index in [0.29, 0.717) is 6.04 Å². The highest BCUT2D eigenvalue weighted by Crippen LogP contribution is 2.32. The molecular weight excluding hydrogens is 342 g/mol. The number of rotatable bonds is 2. The van der Waals surface area contributed by atoms with Crippen molar-refractivity contribution >= 4 is 37.5 Å². The third-order valence-corrected chi connectivity index (χ3v) is 4.37. The van der Waals surface area contributed by atoms with Crippen molar-refractivity contribution in [2.45, 2.75) is 38.1 Å². The molecule has 3 heteroatoms. The molecule has 2 rings (SSSR count). The fourth-order valence-electron chi connectivity index (χ4n) is 2.10. The van der Waals surface area contributed by atoms with Gasteiger partial charge in [-0.15, -0.1) is 0 Å². The van der Waals surface area contributed by atoms with Gasteiger partial charge in [-0.1, -0.05) is 31.1 Å². The van der Waals surface area contributed by atoms with Gasteiger partial charge < -0.3 is 5.32 Å². The molecule has 92 valence electrons. The Morgan fingerprint density at radius 2 is 1.82 bits per heavy atom. The number of benzene rings is 1. The number of nitrogens with one attached hydrogen (secondary N) is 1. The van der Waals surface area contributed by atoms with Crippen LogP contribution in [0, 0.1) is 0 Å². The van der Waals surface area contributed by atoms with Crippen molar-refractivity contribution < 1.29 is 0 Å². The molecule has 1 aliphatic rings. The van der Waals surface area contributed by atoms with Crippen LogP contribution in [-0.2, 0) is 0 Å². The average Bonchev–Trinajstić information content (AvgIpc) is 2.26. The van der Waals surface area contributed by atoms with Crippen LogP contribution in [0.4, 0.5) is 5.69 Å². The summed E-state index contributed by atoms with van der Waals surface area (Å²) in [5, 5.41) is 3.60. The minimum atomic E-state index is 0.449. The van der Waals surface area contributed by atoms with E-state index in [1.165, 1.54) is 32.1 Å². The molecule has 17 heavy (non-hydrogen) atoms. The Labute approximate surface area is 120 Å². The molecule has 1 aromatic carbocycles. The van der Waals surface area contributed by atoms with Crippen molar-refractivity contribution in [1.82, 2.24) is 0 Å². The molecule has 0 saturated carbocycles. The van der Waals surface area contributed by atoms with E-state index in [-0.39, 0.29) is 0 Å². The summed E-state index contributed by atoms with van der Waals surface area (Å²) < 4.78 is 2.23. The van der Waals surface area contributed by atoms with E-state index in [1.807, 2.05) is 6.07 Å². The minimum absolute atomic E-state index is 0.449. The predicted octanol–water partition coefficient (Wildman–Crippen LogP) is 5.51. The summed E-state index contributed by atoms with van der Waals surface area (Å²) in [4.78, 5) is 0. The maximum atomic E-state index is 3.60. The zero-order valence-corrected chi connectivity index (χ0v) is 12.9. The predicted molar refractivity (Wildman–Crippen MR) is 81.5 cm³/mol. The van der Waals surface area contributed by atoms with Gasteiger partial charge in [0.25, 0.3) is 0 Å². The summed E-state index contributed by atoms with van der Waals surface area (Å²) in [6, 6.07) is 6.62. The minimum Gasteiger partial charge on any atom is -0.377 e. The molecule has 0 amide bonds. The van der Waals surface area contributed by atoms with E-state index < -0.39 is 0 Å². The van der Waals surface area contributed by atoms with Gasteiger partial charge in [0.2, 0.25) is 0 Å². The van der Waals surface area contributed by atoms with E-state index in [4.69, 9.17) is 0 Å². The van der Waals surface area contributed by atoms with Gasteiger partial charge in [-0.3, -0.25) is 0 Å². The van der Waals surface area contributed by atoms with E-state index in [0.717, 1.165) is 14.6 Å². The largest absolute Gasteiger partial charge is 0.377 e. The summed E-state index contributed by atoms with van der Waals surface area (Å²) in [7, 11) is 0. The molecule has 0 spiro atoms. The Balaban J connectivity index is 2.10. The first-order chi connectivity index (χ1) is 8.27. The summed E-state index contributed by atoms with van der Waals surface area (Å²) in [6.07, 6.45) is 11.0. The molecule has 1 aliphatic carbocycles. The lowest BCUT2D eigenvalue weighted by Crippen LogP contribution is -2.18. The molecule has 0 heterocycles. The van der Waals surface area contributed by atoms with E-state index >= 15 is 0 Å². The SMILES string of the molecule is Brc1cccc(Br)c1NC1/C=C/CCCCC1. The number of allylic oxidation sites excluding steroid dienone is 1. The molecular formula is C14H17Br2N. The highest BCUT2D eigenvalue weighted by Gasteiger charge is 2.10. The second kappa shape index (κ2) is 6.60. The Morgan fingerprint density at radius 3 is 2.59 bits per heavy atom. The van der Waals surface area contributed by atoms with Crippen LogP contribution in [0.1, 0.15) is 32.1 Å². The van der Waals surface area contributed by atoms with Gasteiger partial charge in [0.15, 0.2) is 0 Å². The van der Waals surface area contributed by atoms with Crippen LogP contribution in [0.2, 0.25) is 0 Å². The molecule has 0 bridgehead atoms. The second-order valence-electron chi connectivity index (χ2n) is 4.41. The zero-order chi connectivity index (χ0) is 12.1. The van der Waals surface area contributed by atoms with Gasteiger partial charge in [0.05, 0.1) is 5.69 Å². The third kappa shape index (κ3) is 3.85. The molecule has 1 atom stereocenters. The molecule has 1 N–H and O–H groups in total. The van der Waals surface area contributed by atoms with E-state index in [2.05, 4.69) is 61.5 Å². The first-order valence-corrected chi connectivity index (χ1v) is 7.73. The molecule has 0 aromatic heterocycles. The molecule has 0 saturated heterocycles.